The summed E-state index contributed by atoms with van der Waals surface area (Å²) < 4.78 is 0. The highest BCUT2D eigenvalue weighted by atomic mass is 16.3. The predicted molar refractivity (Wildman–Crippen MR) is 80.9 cm³/mol. The number of hydrogen-bond donors (Lipinski definition) is 2. The highest BCUT2D eigenvalue weighted by Crippen LogP contribution is 2.27. The fourth-order valence-corrected chi connectivity index (χ4v) is 2.93. The molecule has 1 aliphatic heterocycles. The number of nitrogens with one attached hydrogen (secondary N) is 1. The number of aryl methyl sites for hydroxylation is 2. The van der Waals surface area contributed by atoms with Crippen molar-refractivity contribution >= 4 is 5.69 Å². The van der Waals surface area contributed by atoms with E-state index in [-0.39, 0.29) is 0 Å². The molecule has 1 aliphatic rings. The molecule has 0 aromatic heterocycles. The Bertz CT molecular complexity index is 445. The topological polar surface area (TPSA) is 35.5 Å². The van der Waals surface area contributed by atoms with Gasteiger partial charge in [-0.2, -0.15) is 0 Å². The molecule has 0 bridgehead atoms. The third-order valence-electron chi connectivity index (χ3n) is 4.29. The number of anilines is 1. The van der Waals surface area contributed by atoms with Crippen LogP contribution in [-0.2, 0) is 0 Å². The van der Waals surface area contributed by atoms with Crippen LogP contribution in [0, 0.1) is 19.8 Å². The molecule has 1 aromatic carbocycles. The second-order valence-electron chi connectivity index (χ2n) is 6.05. The van der Waals surface area contributed by atoms with Crippen LogP contribution in [0.1, 0.15) is 30.9 Å². The van der Waals surface area contributed by atoms with Gasteiger partial charge in [-0.3, -0.25) is 0 Å². The number of nitrogens with zero attached hydrogens (tertiary/aromatic N) is 1. The lowest BCUT2D eigenvalue weighted by Gasteiger charge is -2.34. The molecule has 2 atom stereocenters. The first-order valence-corrected chi connectivity index (χ1v) is 7.22. The first kappa shape index (κ1) is 14.2. The second kappa shape index (κ2) is 5.83. The number of rotatable bonds is 3. The molecule has 0 radical (unpaired) electrons. The average Bonchev–Trinajstić information content (AvgIpc) is 2.36. The Morgan fingerprint density at radius 1 is 1.32 bits per heavy atom. The lowest BCUT2D eigenvalue weighted by Crippen LogP contribution is -2.39. The molecule has 0 spiro atoms. The summed E-state index contributed by atoms with van der Waals surface area (Å²) in [4.78, 5) is 2.42. The average molecular weight is 262 g/mol. The Labute approximate surface area is 116 Å². The van der Waals surface area contributed by atoms with Crippen LogP contribution in [0.5, 0.6) is 5.75 Å². The van der Waals surface area contributed by atoms with Crippen LogP contribution >= 0.6 is 0 Å². The van der Waals surface area contributed by atoms with Crippen LogP contribution in [0.2, 0.25) is 0 Å². The van der Waals surface area contributed by atoms with E-state index in [4.69, 9.17) is 0 Å². The van der Waals surface area contributed by atoms with E-state index in [1.165, 1.54) is 25.9 Å². The van der Waals surface area contributed by atoms with Crippen molar-refractivity contribution in [3.8, 4) is 5.75 Å². The van der Waals surface area contributed by atoms with Crippen molar-refractivity contribution in [2.75, 3.05) is 25.5 Å². The smallest absolute Gasteiger partial charge is 0.118 e. The van der Waals surface area contributed by atoms with Crippen LogP contribution in [0.4, 0.5) is 5.69 Å². The van der Waals surface area contributed by atoms with E-state index >= 15 is 0 Å². The molecule has 2 rings (SSSR count). The minimum atomic E-state index is 0.383. The fourth-order valence-electron chi connectivity index (χ4n) is 2.93. The van der Waals surface area contributed by atoms with Crippen LogP contribution in [0.3, 0.4) is 0 Å². The maximum Gasteiger partial charge on any atom is 0.118 e. The summed E-state index contributed by atoms with van der Waals surface area (Å²) in [6.45, 7) is 8.65. The van der Waals surface area contributed by atoms with E-state index in [0.29, 0.717) is 17.7 Å². The zero-order valence-corrected chi connectivity index (χ0v) is 12.5. The maximum absolute atomic E-state index is 9.71. The van der Waals surface area contributed by atoms with Gasteiger partial charge in [-0.15, -0.1) is 0 Å². The van der Waals surface area contributed by atoms with E-state index in [0.717, 1.165) is 16.8 Å². The number of phenolic OH excluding ortho intramolecular Hbond substituents is 1. The molecule has 1 heterocycles. The number of piperidine rings is 1. The zero-order valence-electron chi connectivity index (χ0n) is 12.5. The Balaban J connectivity index is 2.06. The number of phenols is 1. The molecule has 3 nitrogen and oxygen atoms in total. The van der Waals surface area contributed by atoms with Crippen molar-refractivity contribution in [1.29, 1.82) is 0 Å². The van der Waals surface area contributed by atoms with Gasteiger partial charge in [0.1, 0.15) is 5.75 Å². The number of aromatic hydroxyl groups is 1. The van der Waals surface area contributed by atoms with Gasteiger partial charge in [0.2, 0.25) is 0 Å². The molecule has 0 aliphatic carbocycles. The summed E-state index contributed by atoms with van der Waals surface area (Å²) in [5.41, 5.74) is 3.19. The van der Waals surface area contributed by atoms with Gasteiger partial charge in [-0.1, -0.05) is 0 Å². The number of likely N-dealkylation sites (tertiary alicyclic amines) is 1. The third-order valence-corrected chi connectivity index (χ3v) is 4.29. The Morgan fingerprint density at radius 2 is 2.05 bits per heavy atom. The minimum absolute atomic E-state index is 0.383. The lowest BCUT2D eigenvalue weighted by atomic mass is 9.91. The van der Waals surface area contributed by atoms with Crippen LogP contribution in [-0.4, -0.2) is 36.2 Å². The van der Waals surface area contributed by atoms with Crippen molar-refractivity contribution in [2.24, 2.45) is 5.92 Å². The summed E-state index contributed by atoms with van der Waals surface area (Å²) in [7, 11) is 2.20. The fraction of sp³-hybridized carbons (Fsp3) is 0.625. The summed E-state index contributed by atoms with van der Waals surface area (Å²) in [5.74, 6) is 1.08. The molecule has 1 saturated heterocycles. The quantitative estimate of drug-likeness (QED) is 0.821. The molecule has 106 valence electrons. The number of benzene rings is 1. The van der Waals surface area contributed by atoms with Gasteiger partial charge in [0.25, 0.3) is 0 Å². The van der Waals surface area contributed by atoms with E-state index in [9.17, 15) is 5.11 Å². The molecule has 2 unspecified atom stereocenters. The third kappa shape index (κ3) is 3.41. The summed E-state index contributed by atoms with van der Waals surface area (Å²) in [6.07, 6.45) is 2.59. The SMILES string of the molecule is Cc1cc(NC(C)C2CCCN(C)C2)c(C)cc1O. The second-order valence-corrected chi connectivity index (χ2v) is 6.05. The van der Waals surface area contributed by atoms with Crippen molar-refractivity contribution < 1.29 is 5.11 Å². The van der Waals surface area contributed by atoms with Gasteiger partial charge in [-0.05, 0) is 76.4 Å². The summed E-state index contributed by atoms with van der Waals surface area (Å²) in [5, 5.41) is 13.3. The first-order chi connectivity index (χ1) is 8.97. The van der Waals surface area contributed by atoms with Gasteiger partial charge in [0.15, 0.2) is 0 Å². The molecule has 19 heavy (non-hydrogen) atoms. The summed E-state index contributed by atoms with van der Waals surface area (Å²) in [6, 6.07) is 4.36. The van der Waals surface area contributed by atoms with Crippen molar-refractivity contribution in [1.82, 2.24) is 4.90 Å². The molecular weight excluding hydrogens is 236 g/mol. The van der Waals surface area contributed by atoms with Crippen molar-refractivity contribution in [2.45, 2.75) is 39.7 Å². The molecule has 2 N–H and O–H groups in total. The zero-order chi connectivity index (χ0) is 14.0. The Morgan fingerprint density at radius 3 is 2.74 bits per heavy atom. The standard InChI is InChI=1S/C16H26N2O/c1-11-9-16(19)12(2)8-15(11)17-13(3)14-6-5-7-18(4)10-14/h8-9,13-14,17,19H,5-7,10H2,1-4H3. The van der Waals surface area contributed by atoms with Crippen LogP contribution in [0.15, 0.2) is 12.1 Å². The molecule has 0 amide bonds. The van der Waals surface area contributed by atoms with Crippen LogP contribution < -0.4 is 5.32 Å². The van der Waals surface area contributed by atoms with E-state index in [2.05, 4.69) is 24.2 Å². The van der Waals surface area contributed by atoms with Gasteiger partial charge >= 0.3 is 0 Å². The normalized spacial score (nSPS) is 22.2. The predicted octanol–water partition coefficient (Wildman–Crippen LogP) is 3.15. The molecular formula is C16H26N2O. The Kier molecular flexibility index (Phi) is 4.35. The van der Waals surface area contributed by atoms with Crippen LogP contribution in [0.25, 0.3) is 0 Å². The largest absolute Gasteiger partial charge is 0.508 e. The van der Waals surface area contributed by atoms with Gasteiger partial charge < -0.3 is 15.3 Å². The Hall–Kier alpha value is -1.22. The molecule has 0 saturated carbocycles. The molecule has 3 heteroatoms. The first-order valence-electron chi connectivity index (χ1n) is 7.22. The van der Waals surface area contributed by atoms with E-state index in [1.54, 1.807) is 0 Å². The monoisotopic (exact) mass is 262 g/mol. The van der Waals surface area contributed by atoms with Gasteiger partial charge in [0, 0.05) is 18.3 Å². The highest BCUT2D eigenvalue weighted by Gasteiger charge is 2.23. The van der Waals surface area contributed by atoms with E-state index in [1.807, 2.05) is 26.0 Å². The maximum atomic E-state index is 9.71. The highest BCUT2D eigenvalue weighted by molar-refractivity contribution is 5.57. The minimum Gasteiger partial charge on any atom is -0.508 e. The van der Waals surface area contributed by atoms with Crippen molar-refractivity contribution in [3.63, 3.8) is 0 Å². The van der Waals surface area contributed by atoms with Gasteiger partial charge in [-0.25, -0.2) is 0 Å². The van der Waals surface area contributed by atoms with E-state index < -0.39 is 0 Å². The molecule has 1 aromatic rings. The summed E-state index contributed by atoms with van der Waals surface area (Å²) >= 11 is 0. The van der Waals surface area contributed by atoms with Gasteiger partial charge in [0.05, 0.1) is 0 Å². The number of hydrogen-bond acceptors (Lipinski definition) is 3. The molecule has 1 fully saturated rings. The van der Waals surface area contributed by atoms with Crippen molar-refractivity contribution in [3.05, 3.63) is 23.3 Å². The lowest BCUT2D eigenvalue weighted by molar-refractivity contribution is 0.197.